The summed E-state index contributed by atoms with van der Waals surface area (Å²) < 4.78 is 32.8. The molecule has 2 amide bonds. The number of nitrogens with two attached hydrogens (primary N) is 1. The molecule has 0 aliphatic rings. The van der Waals surface area contributed by atoms with Gasteiger partial charge in [0.2, 0.25) is 5.91 Å². The largest absolute Gasteiger partial charge is 0.417 e. The van der Waals surface area contributed by atoms with E-state index in [0.29, 0.717) is 0 Å². The minimum absolute atomic E-state index is 0.00314. The zero-order valence-corrected chi connectivity index (χ0v) is 16.3. The van der Waals surface area contributed by atoms with Gasteiger partial charge >= 0.3 is 0 Å². The predicted molar refractivity (Wildman–Crippen MR) is 94.6 cm³/mol. The van der Waals surface area contributed by atoms with Gasteiger partial charge in [-0.3, -0.25) is 9.59 Å². The maximum Gasteiger partial charge on any atom is 0.255 e. The van der Waals surface area contributed by atoms with E-state index in [1.807, 2.05) is 0 Å². The van der Waals surface area contributed by atoms with Crippen LogP contribution in [0.25, 0.3) is 0 Å². The topological polar surface area (TPSA) is 81.4 Å². The molecule has 1 rings (SSSR count). The van der Waals surface area contributed by atoms with Gasteiger partial charge in [0.25, 0.3) is 5.91 Å². The molecule has 0 bridgehead atoms. The number of hydrogen-bond acceptors (Lipinski definition) is 3. The van der Waals surface area contributed by atoms with Crippen molar-refractivity contribution in [2.45, 2.75) is 51.4 Å². The highest BCUT2D eigenvalue weighted by molar-refractivity contribution is 6.74. The molecule has 0 fully saturated rings. The molecule has 1 aromatic carbocycles. The highest BCUT2D eigenvalue weighted by atomic mass is 28.4. The van der Waals surface area contributed by atoms with Gasteiger partial charge in [-0.1, -0.05) is 26.8 Å². The van der Waals surface area contributed by atoms with Gasteiger partial charge < -0.3 is 15.5 Å². The summed E-state index contributed by atoms with van der Waals surface area (Å²) in [4.78, 5) is 23.7. The first-order valence-electron chi connectivity index (χ1n) is 8.05. The number of hydrogen-bond donors (Lipinski definition) is 2. The first-order chi connectivity index (χ1) is 11.4. The van der Waals surface area contributed by atoms with Crippen LogP contribution in [0.2, 0.25) is 18.1 Å². The van der Waals surface area contributed by atoms with Gasteiger partial charge in [0.05, 0.1) is 5.56 Å². The predicted octanol–water partition coefficient (Wildman–Crippen LogP) is 2.96. The number of primary amides is 1. The smallest absolute Gasteiger partial charge is 0.255 e. The molecule has 8 heteroatoms. The van der Waals surface area contributed by atoms with Crippen molar-refractivity contribution in [3.63, 3.8) is 0 Å². The van der Waals surface area contributed by atoms with Gasteiger partial charge in [0.15, 0.2) is 20.0 Å². The third kappa shape index (κ3) is 5.60. The summed E-state index contributed by atoms with van der Waals surface area (Å²) in [7, 11) is -2.00. The van der Waals surface area contributed by atoms with E-state index >= 15 is 0 Å². The third-order valence-corrected chi connectivity index (χ3v) is 9.06. The molecular weight excluding hydrogens is 346 g/mol. The number of halogens is 2. The van der Waals surface area contributed by atoms with E-state index in [1.165, 1.54) is 6.07 Å². The van der Waals surface area contributed by atoms with Crippen molar-refractivity contribution in [1.29, 1.82) is 0 Å². The monoisotopic (exact) mass is 372 g/mol. The summed E-state index contributed by atoms with van der Waals surface area (Å²) in [5.74, 6) is -4.05. The van der Waals surface area contributed by atoms with E-state index in [1.54, 1.807) is 0 Å². The molecule has 0 saturated heterocycles. The van der Waals surface area contributed by atoms with Crippen molar-refractivity contribution in [2.24, 2.45) is 5.73 Å². The van der Waals surface area contributed by atoms with E-state index in [2.05, 4.69) is 39.2 Å². The molecule has 140 valence electrons. The Morgan fingerprint density at radius 3 is 2.40 bits per heavy atom. The molecular formula is C17H26F2N2O3Si. The minimum atomic E-state index is -2.00. The maximum absolute atomic E-state index is 13.7. The Kier molecular flexibility index (Phi) is 6.84. The Morgan fingerprint density at radius 2 is 1.88 bits per heavy atom. The van der Waals surface area contributed by atoms with Crippen LogP contribution in [0.1, 0.15) is 37.6 Å². The van der Waals surface area contributed by atoms with E-state index in [4.69, 9.17) is 10.2 Å². The van der Waals surface area contributed by atoms with Gasteiger partial charge in [-0.05, 0) is 36.7 Å². The van der Waals surface area contributed by atoms with E-state index in [0.717, 1.165) is 12.1 Å². The van der Waals surface area contributed by atoms with Gasteiger partial charge in [0.1, 0.15) is 6.04 Å². The van der Waals surface area contributed by atoms with Crippen LogP contribution in [0.15, 0.2) is 18.2 Å². The van der Waals surface area contributed by atoms with Crippen molar-refractivity contribution in [3.05, 3.63) is 35.4 Å². The van der Waals surface area contributed by atoms with Crippen LogP contribution in [0.3, 0.4) is 0 Å². The fourth-order valence-electron chi connectivity index (χ4n) is 1.85. The van der Waals surface area contributed by atoms with Crippen LogP contribution >= 0.6 is 0 Å². The zero-order chi connectivity index (χ0) is 19.4. The summed E-state index contributed by atoms with van der Waals surface area (Å²) >= 11 is 0. The number of amides is 2. The first kappa shape index (κ1) is 21.2. The second-order valence-corrected chi connectivity index (χ2v) is 12.2. The second-order valence-electron chi connectivity index (χ2n) is 7.43. The van der Waals surface area contributed by atoms with Crippen molar-refractivity contribution in [1.82, 2.24) is 5.32 Å². The van der Waals surface area contributed by atoms with Gasteiger partial charge in [-0.2, -0.15) is 0 Å². The maximum atomic E-state index is 13.7. The second kappa shape index (κ2) is 8.05. The normalized spacial score (nSPS) is 13.4. The fourth-order valence-corrected chi connectivity index (χ4v) is 2.91. The molecule has 0 aromatic heterocycles. The molecule has 0 aliphatic heterocycles. The van der Waals surface area contributed by atoms with Crippen LogP contribution in [0, 0.1) is 11.6 Å². The summed E-state index contributed by atoms with van der Waals surface area (Å²) in [6.45, 7) is 10.6. The molecule has 3 N–H and O–H groups in total. The van der Waals surface area contributed by atoms with Crippen molar-refractivity contribution >= 4 is 20.1 Å². The molecule has 0 saturated carbocycles. The van der Waals surface area contributed by atoms with Crippen molar-refractivity contribution < 1.29 is 22.8 Å². The Hall–Kier alpha value is -1.80. The lowest BCUT2D eigenvalue weighted by Gasteiger charge is -2.36. The van der Waals surface area contributed by atoms with Crippen LogP contribution in [0.4, 0.5) is 8.78 Å². The van der Waals surface area contributed by atoms with Crippen LogP contribution in [-0.2, 0) is 9.22 Å². The van der Waals surface area contributed by atoms with Gasteiger partial charge in [-0.15, -0.1) is 0 Å². The lowest BCUT2D eigenvalue weighted by atomic mass is 10.1. The number of nitrogens with one attached hydrogen (secondary N) is 1. The third-order valence-electron chi connectivity index (χ3n) is 4.52. The number of rotatable bonds is 7. The molecule has 0 aliphatic carbocycles. The van der Waals surface area contributed by atoms with Gasteiger partial charge in [0, 0.05) is 6.61 Å². The van der Waals surface area contributed by atoms with Crippen molar-refractivity contribution in [3.8, 4) is 0 Å². The summed E-state index contributed by atoms with van der Waals surface area (Å²) in [5.41, 5.74) is 4.83. The van der Waals surface area contributed by atoms with E-state index < -0.39 is 43.4 Å². The SMILES string of the molecule is CC(C)(C)[Si](C)(C)OCC[C@@H](NC(=O)c1cccc(F)c1F)C(N)=O. The number of carbonyl (C=O) groups excluding carboxylic acids is 2. The molecule has 0 heterocycles. The fraction of sp³-hybridized carbons (Fsp3) is 0.529. The Bertz CT molecular complexity index is 645. The van der Waals surface area contributed by atoms with Gasteiger partial charge in [-0.25, -0.2) is 8.78 Å². The lowest BCUT2D eigenvalue weighted by molar-refractivity contribution is -0.120. The summed E-state index contributed by atoms with van der Waals surface area (Å²) in [6.07, 6.45) is 0.157. The lowest BCUT2D eigenvalue weighted by Crippen LogP contribution is -2.47. The zero-order valence-electron chi connectivity index (χ0n) is 15.3. The Morgan fingerprint density at radius 1 is 1.28 bits per heavy atom. The van der Waals surface area contributed by atoms with E-state index in [9.17, 15) is 18.4 Å². The van der Waals surface area contributed by atoms with Crippen LogP contribution < -0.4 is 11.1 Å². The molecule has 25 heavy (non-hydrogen) atoms. The molecule has 1 aromatic rings. The molecule has 0 spiro atoms. The molecule has 0 unspecified atom stereocenters. The average Bonchev–Trinajstić information content (AvgIpc) is 2.47. The highest BCUT2D eigenvalue weighted by Gasteiger charge is 2.37. The van der Waals surface area contributed by atoms with Crippen LogP contribution in [-0.4, -0.2) is 32.8 Å². The summed E-state index contributed by atoms with van der Waals surface area (Å²) in [6, 6.07) is 2.23. The molecule has 0 radical (unpaired) electrons. The number of carbonyl (C=O) groups is 2. The van der Waals surface area contributed by atoms with E-state index in [-0.39, 0.29) is 18.1 Å². The highest BCUT2D eigenvalue weighted by Crippen LogP contribution is 2.36. The number of benzene rings is 1. The molecule has 1 atom stereocenters. The summed E-state index contributed by atoms with van der Waals surface area (Å²) in [5, 5.41) is 2.34. The van der Waals surface area contributed by atoms with Crippen LogP contribution in [0.5, 0.6) is 0 Å². The quantitative estimate of drug-likeness (QED) is 0.722. The standard InChI is InChI=1S/C17H26F2N2O3Si/c1-17(2,3)25(4,5)24-10-9-13(15(20)22)21-16(23)11-7-6-8-12(18)14(11)19/h6-8,13H,9-10H2,1-5H3,(H2,20,22)(H,21,23)/t13-/m1/s1. The van der Waals surface area contributed by atoms with Crippen molar-refractivity contribution in [2.75, 3.05) is 6.61 Å². The minimum Gasteiger partial charge on any atom is -0.417 e. The Labute approximate surface area is 148 Å². The first-order valence-corrected chi connectivity index (χ1v) is 11.0. The Balaban J connectivity index is 2.74. The average molecular weight is 372 g/mol. The molecule has 5 nitrogen and oxygen atoms in total.